The average Bonchev–Trinajstić information content (AvgIpc) is 3.31. The van der Waals surface area contributed by atoms with Gasteiger partial charge in [0.15, 0.2) is 11.6 Å². The van der Waals surface area contributed by atoms with Gasteiger partial charge in [0, 0.05) is 11.8 Å². The van der Waals surface area contributed by atoms with Crippen molar-refractivity contribution < 1.29 is 28.0 Å². The number of hydrogen-bond donors (Lipinski definition) is 1. The molecular formula is C25H32NO6P. The number of ether oxygens (including phenoxy) is 4. The Kier molecular flexibility index (Phi) is 6.03. The molecule has 178 valence electrons. The van der Waals surface area contributed by atoms with Crippen molar-refractivity contribution >= 4 is 12.7 Å². The third-order valence-corrected chi connectivity index (χ3v) is 9.10. The van der Waals surface area contributed by atoms with Gasteiger partial charge in [-0.15, -0.1) is 0 Å². The van der Waals surface area contributed by atoms with Crippen LogP contribution in [0.3, 0.4) is 0 Å². The Hall–Kier alpha value is -1.57. The maximum atomic E-state index is 14.8. The highest BCUT2D eigenvalue weighted by Gasteiger charge is 2.62. The van der Waals surface area contributed by atoms with Crippen molar-refractivity contribution in [3.8, 4) is 0 Å². The van der Waals surface area contributed by atoms with Crippen molar-refractivity contribution in [2.45, 2.75) is 76.0 Å². The van der Waals surface area contributed by atoms with Gasteiger partial charge in [-0.3, -0.25) is 9.88 Å². The average molecular weight is 474 g/mol. The lowest BCUT2D eigenvalue weighted by Crippen LogP contribution is -2.58. The molecule has 3 saturated heterocycles. The Morgan fingerprint density at radius 1 is 0.848 bits per heavy atom. The molecule has 8 heteroatoms. The Balaban J connectivity index is 1.53. The molecule has 5 rings (SSSR count). The zero-order valence-electron chi connectivity index (χ0n) is 19.5. The quantitative estimate of drug-likeness (QED) is 0.663. The summed E-state index contributed by atoms with van der Waals surface area (Å²) < 4.78 is 45.9. The monoisotopic (exact) mass is 473 g/mol. The van der Waals surface area contributed by atoms with Crippen molar-refractivity contribution in [2.24, 2.45) is 0 Å². The van der Waals surface area contributed by atoms with Crippen LogP contribution >= 0.6 is 7.37 Å². The Labute approximate surface area is 195 Å². The predicted octanol–water partition coefficient (Wildman–Crippen LogP) is 3.78. The molecule has 3 fully saturated rings. The van der Waals surface area contributed by atoms with Crippen LogP contribution in [-0.4, -0.2) is 48.4 Å². The largest absolute Gasteiger partial charge is 0.348 e. The van der Waals surface area contributed by atoms with Crippen molar-refractivity contribution in [3.63, 3.8) is 0 Å². The zero-order chi connectivity index (χ0) is 23.3. The van der Waals surface area contributed by atoms with Gasteiger partial charge < -0.3 is 23.5 Å². The van der Waals surface area contributed by atoms with Crippen LogP contribution in [-0.2, 0) is 34.6 Å². The van der Waals surface area contributed by atoms with E-state index in [0.29, 0.717) is 18.5 Å². The first kappa shape index (κ1) is 23.2. The number of rotatable bonds is 5. The first-order valence-electron chi connectivity index (χ1n) is 11.5. The fourth-order valence-corrected chi connectivity index (χ4v) is 7.61. The summed E-state index contributed by atoms with van der Waals surface area (Å²) in [4.78, 5) is 0. The molecule has 2 aromatic rings. The third-order valence-electron chi connectivity index (χ3n) is 6.31. The van der Waals surface area contributed by atoms with E-state index in [1.165, 1.54) is 0 Å². The molecule has 3 heterocycles. The summed E-state index contributed by atoms with van der Waals surface area (Å²) in [6, 6.07) is 19.4. The lowest BCUT2D eigenvalue weighted by molar-refractivity contribution is -0.174. The molecule has 0 saturated carbocycles. The van der Waals surface area contributed by atoms with Crippen LogP contribution in [0.25, 0.3) is 0 Å². The highest BCUT2D eigenvalue weighted by Crippen LogP contribution is 2.60. The zero-order valence-corrected chi connectivity index (χ0v) is 20.4. The van der Waals surface area contributed by atoms with E-state index >= 15 is 0 Å². The molecule has 6 atom stereocenters. The summed E-state index contributed by atoms with van der Waals surface area (Å²) in [7, 11) is -3.44. The molecule has 0 bridgehead atoms. The molecule has 3 aliphatic rings. The predicted molar refractivity (Wildman–Crippen MR) is 124 cm³/mol. The van der Waals surface area contributed by atoms with Crippen LogP contribution in [0, 0.1) is 0 Å². The number of benzene rings is 2. The minimum Gasteiger partial charge on any atom is -0.348 e. The summed E-state index contributed by atoms with van der Waals surface area (Å²) in [6.07, 6.45) is -1.96. The fraction of sp³-hybridized carbons (Fsp3) is 0.520. The topological polar surface area (TPSA) is 75.3 Å². The van der Waals surface area contributed by atoms with Crippen molar-refractivity contribution in [1.29, 1.82) is 0 Å². The summed E-state index contributed by atoms with van der Waals surface area (Å²) in [6.45, 7) is 8.34. The molecule has 2 aromatic carbocycles. The number of hydrogen-bond acceptors (Lipinski definition) is 7. The second-order valence-electron chi connectivity index (χ2n) is 9.75. The molecule has 0 spiro atoms. The Morgan fingerprint density at radius 3 is 2.12 bits per heavy atom. The summed E-state index contributed by atoms with van der Waals surface area (Å²) in [5.41, 5.74) is 1.09. The van der Waals surface area contributed by atoms with Gasteiger partial charge in [-0.05, 0) is 45.4 Å². The normalized spacial score (nSPS) is 37.0. The molecule has 3 aliphatic heterocycles. The van der Waals surface area contributed by atoms with E-state index in [4.69, 9.17) is 23.5 Å². The minimum atomic E-state index is -3.44. The lowest BCUT2D eigenvalue weighted by Gasteiger charge is -2.44. The Morgan fingerprint density at radius 2 is 1.48 bits per heavy atom. The van der Waals surface area contributed by atoms with Gasteiger partial charge >= 0.3 is 0 Å². The molecule has 0 aromatic heterocycles. The second kappa shape index (κ2) is 8.58. The van der Waals surface area contributed by atoms with Crippen LogP contribution in [0.5, 0.6) is 0 Å². The summed E-state index contributed by atoms with van der Waals surface area (Å²) >= 11 is 0. The summed E-state index contributed by atoms with van der Waals surface area (Å²) in [5.74, 6) is -2.17. The van der Waals surface area contributed by atoms with Gasteiger partial charge in [0.1, 0.15) is 30.2 Å². The Bertz CT molecular complexity index is 1010. The number of nitrogens with one attached hydrogen (secondary N) is 1. The second-order valence-corrected chi connectivity index (χ2v) is 12.2. The molecule has 0 amide bonds. The van der Waals surface area contributed by atoms with Gasteiger partial charge in [0.05, 0.1) is 6.61 Å². The van der Waals surface area contributed by atoms with Gasteiger partial charge in [0.25, 0.3) is 7.37 Å². The fourth-order valence-electron chi connectivity index (χ4n) is 4.88. The highest BCUT2D eigenvalue weighted by atomic mass is 31.2. The molecule has 33 heavy (non-hydrogen) atoms. The lowest BCUT2D eigenvalue weighted by atomic mass is 10.0. The molecule has 0 aliphatic carbocycles. The van der Waals surface area contributed by atoms with Crippen LogP contribution in [0.15, 0.2) is 60.7 Å². The van der Waals surface area contributed by atoms with E-state index in [9.17, 15) is 4.57 Å². The molecule has 7 nitrogen and oxygen atoms in total. The van der Waals surface area contributed by atoms with E-state index in [1.54, 1.807) is 0 Å². The third kappa shape index (κ3) is 4.56. The van der Waals surface area contributed by atoms with Crippen LogP contribution in [0.4, 0.5) is 0 Å². The van der Waals surface area contributed by atoms with Gasteiger partial charge in [-0.25, -0.2) is 0 Å². The van der Waals surface area contributed by atoms with Gasteiger partial charge in [-0.2, -0.15) is 0 Å². The minimum absolute atomic E-state index is 0.335. The van der Waals surface area contributed by atoms with Gasteiger partial charge in [-0.1, -0.05) is 48.5 Å². The van der Waals surface area contributed by atoms with Crippen LogP contribution < -0.4 is 10.6 Å². The maximum absolute atomic E-state index is 14.8. The standard InChI is InChI=1S/C25H32NO6P/c1-24(2)28-16-19(29-24)20-21-22(31-25(3,4)30-21)23(26-15-17-11-7-5-8-12-17)33(27,32-20)18-13-9-6-10-14-18/h5-14,19-23,26H,15-16H2,1-4H3/t19?,20?,21-,22-,23-,33-/m0/s1. The van der Waals surface area contributed by atoms with Crippen LogP contribution in [0.2, 0.25) is 0 Å². The maximum Gasteiger partial charge on any atom is 0.251 e. The smallest absolute Gasteiger partial charge is 0.251 e. The molecular weight excluding hydrogens is 441 g/mol. The first-order chi connectivity index (χ1) is 15.7. The SMILES string of the molecule is CC1(C)OCC(C2O[P@@](=O)(c3ccccc3)[C@H](NCc3ccccc3)[C@H]3OC(C)(C)O[C@@H]23)O1. The molecule has 2 unspecified atom stereocenters. The highest BCUT2D eigenvalue weighted by molar-refractivity contribution is 7.67. The van der Waals surface area contributed by atoms with E-state index < -0.39 is 49.1 Å². The van der Waals surface area contributed by atoms with Gasteiger partial charge in [0.2, 0.25) is 0 Å². The van der Waals surface area contributed by atoms with E-state index in [0.717, 1.165) is 5.56 Å². The van der Waals surface area contributed by atoms with Crippen LogP contribution in [0.1, 0.15) is 33.3 Å². The number of fused-ring (bicyclic) bond motifs is 1. The summed E-state index contributed by atoms with van der Waals surface area (Å²) in [5, 5.41) is 4.14. The van der Waals surface area contributed by atoms with E-state index in [-0.39, 0.29) is 0 Å². The molecule has 0 radical (unpaired) electrons. The first-order valence-corrected chi connectivity index (χ1v) is 13.1. The van der Waals surface area contributed by atoms with E-state index in [2.05, 4.69) is 5.32 Å². The van der Waals surface area contributed by atoms with Crippen molar-refractivity contribution in [1.82, 2.24) is 5.32 Å². The molecule has 1 N–H and O–H groups in total. The van der Waals surface area contributed by atoms with Crippen molar-refractivity contribution in [3.05, 3.63) is 66.2 Å². The van der Waals surface area contributed by atoms with Crippen molar-refractivity contribution in [2.75, 3.05) is 6.61 Å². The van der Waals surface area contributed by atoms with E-state index in [1.807, 2.05) is 88.4 Å².